The zero-order valence-corrected chi connectivity index (χ0v) is 26.2. The minimum absolute atomic E-state index is 0.0142. The number of hydrogen-bond acceptors (Lipinski definition) is 8. The highest BCUT2D eigenvalue weighted by Gasteiger charge is 2.42. The van der Waals surface area contributed by atoms with Gasteiger partial charge in [-0.3, -0.25) is 24.4 Å². The molecule has 1 fully saturated rings. The second kappa shape index (κ2) is 13.3. The molecule has 2 aliphatic heterocycles. The highest BCUT2D eigenvalue weighted by molar-refractivity contribution is 5.92. The van der Waals surface area contributed by atoms with Gasteiger partial charge in [-0.25, -0.2) is 10.2 Å². The topological polar surface area (TPSA) is 127 Å². The minimum Gasteiger partial charge on any atom is -0.456 e. The molecule has 10 nitrogen and oxygen atoms in total. The lowest BCUT2D eigenvalue weighted by atomic mass is 9.85. The first-order valence-electron chi connectivity index (χ1n) is 15.1. The van der Waals surface area contributed by atoms with E-state index in [2.05, 4.69) is 15.7 Å². The SMILES string of the molecule is CO[C@@H]1/C=C/c2cc3cc(ccc3cn2)[C@@H](C)OC(=O)[C@]2(C)CCCN(N2)C(=O)[C@H](C)NC(=O)[C@H](C(C)C)CC(=O)[C@@H]1C. The predicted molar refractivity (Wildman–Crippen MR) is 163 cm³/mol. The van der Waals surface area contributed by atoms with Crippen LogP contribution in [-0.2, 0) is 28.7 Å². The zero-order valence-electron chi connectivity index (χ0n) is 26.2. The van der Waals surface area contributed by atoms with E-state index < -0.39 is 41.6 Å². The Kier molecular flexibility index (Phi) is 10.0. The van der Waals surface area contributed by atoms with E-state index in [9.17, 15) is 19.2 Å². The molecule has 43 heavy (non-hydrogen) atoms. The van der Waals surface area contributed by atoms with Crippen molar-refractivity contribution in [2.45, 2.75) is 84.6 Å². The van der Waals surface area contributed by atoms with Gasteiger partial charge in [0.15, 0.2) is 0 Å². The fraction of sp³-hybridized carbons (Fsp3) is 0.545. The van der Waals surface area contributed by atoms with Gasteiger partial charge in [-0.2, -0.15) is 0 Å². The zero-order chi connectivity index (χ0) is 31.5. The molecule has 3 heterocycles. The molecule has 5 bridgehead atoms. The molecule has 0 spiro atoms. The number of pyridine rings is 1. The lowest BCUT2D eigenvalue weighted by molar-refractivity contribution is -0.164. The number of ether oxygens (including phenoxy) is 2. The third kappa shape index (κ3) is 7.30. The van der Waals surface area contributed by atoms with Gasteiger partial charge in [0.25, 0.3) is 5.91 Å². The maximum Gasteiger partial charge on any atom is 0.328 e. The van der Waals surface area contributed by atoms with Gasteiger partial charge in [-0.05, 0) is 68.7 Å². The monoisotopic (exact) mass is 592 g/mol. The summed E-state index contributed by atoms with van der Waals surface area (Å²) in [5.74, 6) is -2.58. The van der Waals surface area contributed by atoms with Crippen molar-refractivity contribution in [3.05, 3.63) is 47.8 Å². The number of carbonyl (C=O) groups excluding carboxylic acids is 4. The van der Waals surface area contributed by atoms with Crippen molar-refractivity contribution in [2.75, 3.05) is 13.7 Å². The van der Waals surface area contributed by atoms with Crippen LogP contribution in [0.3, 0.4) is 0 Å². The van der Waals surface area contributed by atoms with Gasteiger partial charge in [-0.15, -0.1) is 0 Å². The summed E-state index contributed by atoms with van der Waals surface area (Å²) in [5, 5.41) is 6.06. The Labute approximate surface area is 253 Å². The van der Waals surface area contributed by atoms with Crippen molar-refractivity contribution in [2.24, 2.45) is 17.8 Å². The molecule has 0 aliphatic carbocycles. The van der Waals surface area contributed by atoms with Crippen LogP contribution in [0.25, 0.3) is 16.8 Å². The van der Waals surface area contributed by atoms with Crippen molar-refractivity contribution < 1.29 is 28.7 Å². The van der Waals surface area contributed by atoms with E-state index in [4.69, 9.17) is 9.47 Å². The Morgan fingerprint density at radius 1 is 1.09 bits per heavy atom. The highest BCUT2D eigenvalue weighted by Crippen LogP contribution is 2.28. The summed E-state index contributed by atoms with van der Waals surface area (Å²) in [7, 11) is 1.55. The standard InChI is InChI=1S/C33H44N4O6/c1-19(2)27-17-28(38)20(3)29(42-7)12-11-26-16-25-15-23(9-10-24(25)18-34-26)22(5)43-32(41)33(6)13-8-14-37(36-33)31(40)21(4)35-30(27)39/h9-12,15-16,18-22,27,29,36H,8,13-14,17H2,1-7H3,(H,35,39)/b12-11+/t20-,21-,22+,27-,29+,33-/m0/s1. The van der Waals surface area contributed by atoms with E-state index in [1.807, 2.05) is 57.2 Å². The Bertz CT molecular complexity index is 1410. The molecular weight excluding hydrogens is 548 g/mol. The average molecular weight is 593 g/mol. The van der Waals surface area contributed by atoms with Gasteiger partial charge in [0.1, 0.15) is 23.5 Å². The number of Topliss-reactive ketones (excluding diaryl/α,β-unsaturated/α-hetero) is 1. The molecule has 1 aromatic carbocycles. The van der Waals surface area contributed by atoms with E-state index in [0.29, 0.717) is 25.1 Å². The van der Waals surface area contributed by atoms with Crippen LogP contribution in [-0.4, -0.2) is 64.9 Å². The van der Waals surface area contributed by atoms with E-state index in [1.54, 1.807) is 34.1 Å². The molecule has 0 radical (unpaired) electrons. The summed E-state index contributed by atoms with van der Waals surface area (Å²) in [6.07, 6.45) is 5.42. The Hall–Kier alpha value is -3.63. The van der Waals surface area contributed by atoms with Crippen LogP contribution in [0.4, 0.5) is 0 Å². The quantitative estimate of drug-likeness (QED) is 0.499. The van der Waals surface area contributed by atoms with Gasteiger partial charge in [0, 0.05) is 43.5 Å². The molecule has 1 aromatic heterocycles. The maximum atomic E-state index is 13.4. The summed E-state index contributed by atoms with van der Waals surface area (Å²) < 4.78 is 11.6. The first-order chi connectivity index (χ1) is 20.3. The van der Waals surface area contributed by atoms with Crippen LogP contribution in [0.1, 0.15) is 78.2 Å². The van der Waals surface area contributed by atoms with Crippen molar-refractivity contribution in [1.29, 1.82) is 0 Å². The number of benzene rings is 1. The molecule has 2 N–H and O–H groups in total. The molecular formula is C33H44N4O6. The molecule has 1 saturated heterocycles. The molecule has 6 atom stereocenters. The first-order valence-corrected chi connectivity index (χ1v) is 15.1. The number of nitrogens with one attached hydrogen (secondary N) is 2. The Morgan fingerprint density at radius 2 is 1.84 bits per heavy atom. The number of hydrogen-bond donors (Lipinski definition) is 2. The first kappa shape index (κ1) is 32.3. The maximum absolute atomic E-state index is 13.4. The lowest BCUT2D eigenvalue weighted by Crippen LogP contribution is -2.65. The number of ketones is 1. The van der Waals surface area contributed by atoms with E-state index in [1.165, 1.54) is 5.01 Å². The number of hydrazine groups is 1. The molecule has 0 saturated carbocycles. The fourth-order valence-corrected chi connectivity index (χ4v) is 5.67. The normalized spacial score (nSPS) is 30.6. The minimum atomic E-state index is -1.12. The Morgan fingerprint density at radius 3 is 2.53 bits per heavy atom. The molecule has 0 unspecified atom stereocenters. The predicted octanol–water partition coefficient (Wildman–Crippen LogP) is 4.14. The fourth-order valence-electron chi connectivity index (χ4n) is 5.67. The number of cyclic esters (lactones) is 1. The number of carbonyl (C=O) groups is 4. The van der Waals surface area contributed by atoms with Gasteiger partial charge in [-0.1, -0.05) is 39.0 Å². The van der Waals surface area contributed by atoms with Crippen LogP contribution in [0.15, 0.2) is 36.5 Å². The van der Waals surface area contributed by atoms with Crippen LogP contribution >= 0.6 is 0 Å². The van der Waals surface area contributed by atoms with Gasteiger partial charge in [0.05, 0.1) is 11.8 Å². The van der Waals surface area contributed by atoms with Crippen molar-refractivity contribution >= 4 is 40.4 Å². The van der Waals surface area contributed by atoms with Gasteiger partial charge in [0.2, 0.25) is 5.91 Å². The van der Waals surface area contributed by atoms with Crippen LogP contribution in [0.2, 0.25) is 0 Å². The smallest absolute Gasteiger partial charge is 0.328 e. The number of aromatic nitrogens is 1. The lowest BCUT2D eigenvalue weighted by Gasteiger charge is -2.41. The summed E-state index contributed by atoms with van der Waals surface area (Å²) in [6, 6.07) is 6.89. The molecule has 232 valence electrons. The van der Waals surface area contributed by atoms with Gasteiger partial charge >= 0.3 is 5.97 Å². The van der Waals surface area contributed by atoms with Crippen LogP contribution in [0, 0.1) is 17.8 Å². The summed E-state index contributed by atoms with van der Waals surface area (Å²) in [5.41, 5.74) is 3.47. The summed E-state index contributed by atoms with van der Waals surface area (Å²) in [4.78, 5) is 58.1. The summed E-state index contributed by atoms with van der Waals surface area (Å²) in [6.45, 7) is 11.1. The number of rotatable bonds is 2. The number of methoxy groups -OCH3 is 1. The summed E-state index contributed by atoms with van der Waals surface area (Å²) >= 11 is 0. The largest absolute Gasteiger partial charge is 0.456 e. The van der Waals surface area contributed by atoms with Crippen molar-refractivity contribution in [1.82, 2.24) is 20.7 Å². The second-order valence-corrected chi connectivity index (χ2v) is 12.4. The second-order valence-electron chi connectivity index (χ2n) is 12.4. The molecule has 10 heteroatoms. The van der Waals surface area contributed by atoms with E-state index in [-0.39, 0.29) is 29.9 Å². The third-order valence-corrected chi connectivity index (χ3v) is 8.70. The van der Waals surface area contributed by atoms with Crippen molar-refractivity contribution in [3.8, 4) is 0 Å². The molecule has 2 aromatic rings. The molecule has 2 aliphatic rings. The third-order valence-electron chi connectivity index (χ3n) is 8.70. The van der Waals surface area contributed by atoms with Crippen molar-refractivity contribution in [3.63, 3.8) is 0 Å². The number of amides is 2. The van der Waals surface area contributed by atoms with E-state index >= 15 is 0 Å². The number of nitrogens with zero attached hydrogens (tertiary/aromatic N) is 2. The molecule has 2 amide bonds. The number of esters is 1. The average Bonchev–Trinajstić information content (AvgIpc) is 2.98. The van der Waals surface area contributed by atoms with Crippen LogP contribution < -0.4 is 10.7 Å². The van der Waals surface area contributed by atoms with E-state index in [0.717, 1.165) is 16.3 Å². The number of fused-ring (bicyclic) bond motifs is 4. The van der Waals surface area contributed by atoms with Gasteiger partial charge < -0.3 is 14.8 Å². The Balaban J connectivity index is 1.71. The van der Waals surface area contributed by atoms with Crippen LogP contribution in [0.5, 0.6) is 0 Å². The highest BCUT2D eigenvalue weighted by atomic mass is 16.5. The molecule has 4 rings (SSSR count).